The minimum Gasteiger partial charge on any atom is -0.323 e. The van der Waals surface area contributed by atoms with Crippen molar-refractivity contribution in [1.82, 2.24) is 4.98 Å². The Balaban J connectivity index is 2.23. The van der Waals surface area contributed by atoms with Crippen molar-refractivity contribution in [3.63, 3.8) is 0 Å². The van der Waals surface area contributed by atoms with Crippen LogP contribution in [0, 0.1) is 0 Å². The Bertz CT molecular complexity index is 562. The summed E-state index contributed by atoms with van der Waals surface area (Å²) in [6.45, 7) is 1.81. The molecular formula is C15H14N2O. The van der Waals surface area contributed by atoms with E-state index in [1.54, 1.807) is 18.5 Å². The van der Waals surface area contributed by atoms with Crippen LogP contribution in [0.4, 0.5) is 5.69 Å². The SMILES string of the molecule is C/C=C/C(=O)Nc1cccc(-c2cccnc2)c1. The number of carbonyl (C=O) groups excluding carboxylic acids is 1. The van der Waals surface area contributed by atoms with Crippen molar-refractivity contribution in [3.05, 3.63) is 60.9 Å². The number of carbonyl (C=O) groups is 1. The molecule has 0 aliphatic heterocycles. The molecule has 1 aromatic carbocycles. The Morgan fingerprint density at radius 3 is 2.78 bits per heavy atom. The van der Waals surface area contributed by atoms with Crippen molar-refractivity contribution in [1.29, 1.82) is 0 Å². The lowest BCUT2D eigenvalue weighted by atomic mass is 10.1. The fraction of sp³-hybridized carbons (Fsp3) is 0.0667. The molecule has 0 spiro atoms. The maximum Gasteiger partial charge on any atom is 0.248 e. The fourth-order valence-electron chi connectivity index (χ4n) is 1.65. The number of nitrogens with one attached hydrogen (secondary N) is 1. The molecule has 0 atom stereocenters. The summed E-state index contributed by atoms with van der Waals surface area (Å²) in [5, 5.41) is 2.81. The van der Waals surface area contributed by atoms with Crippen LogP contribution in [0.2, 0.25) is 0 Å². The average molecular weight is 238 g/mol. The number of rotatable bonds is 3. The van der Waals surface area contributed by atoms with Crippen molar-refractivity contribution >= 4 is 11.6 Å². The zero-order valence-corrected chi connectivity index (χ0v) is 10.1. The molecule has 18 heavy (non-hydrogen) atoms. The van der Waals surface area contributed by atoms with Crippen LogP contribution in [-0.2, 0) is 4.79 Å². The van der Waals surface area contributed by atoms with Crippen LogP contribution in [0.1, 0.15) is 6.92 Å². The van der Waals surface area contributed by atoms with Gasteiger partial charge < -0.3 is 5.32 Å². The van der Waals surface area contributed by atoms with Crippen LogP contribution in [0.25, 0.3) is 11.1 Å². The summed E-state index contributed by atoms with van der Waals surface area (Å²) in [4.78, 5) is 15.5. The first-order valence-electron chi connectivity index (χ1n) is 5.74. The van der Waals surface area contributed by atoms with E-state index in [-0.39, 0.29) is 5.91 Å². The van der Waals surface area contributed by atoms with Crippen molar-refractivity contribution in [3.8, 4) is 11.1 Å². The quantitative estimate of drug-likeness (QED) is 0.834. The molecule has 0 fully saturated rings. The first-order valence-corrected chi connectivity index (χ1v) is 5.74. The first-order chi connectivity index (χ1) is 8.79. The van der Waals surface area contributed by atoms with Crippen LogP contribution in [0.5, 0.6) is 0 Å². The number of allylic oxidation sites excluding steroid dienone is 1. The van der Waals surface area contributed by atoms with Crippen molar-refractivity contribution < 1.29 is 4.79 Å². The molecule has 3 heteroatoms. The summed E-state index contributed by atoms with van der Waals surface area (Å²) in [5.41, 5.74) is 2.83. The predicted molar refractivity (Wildman–Crippen MR) is 73.1 cm³/mol. The zero-order valence-electron chi connectivity index (χ0n) is 10.1. The number of hydrogen-bond acceptors (Lipinski definition) is 2. The highest BCUT2D eigenvalue weighted by Crippen LogP contribution is 2.21. The number of amides is 1. The second kappa shape index (κ2) is 5.77. The number of pyridine rings is 1. The molecule has 2 aromatic rings. The molecule has 0 radical (unpaired) electrons. The van der Waals surface area contributed by atoms with Crippen LogP contribution in [-0.4, -0.2) is 10.9 Å². The average Bonchev–Trinajstić information content (AvgIpc) is 2.40. The lowest BCUT2D eigenvalue weighted by Gasteiger charge is -2.05. The molecule has 1 amide bonds. The van der Waals surface area contributed by atoms with E-state index >= 15 is 0 Å². The Kier molecular flexibility index (Phi) is 3.86. The smallest absolute Gasteiger partial charge is 0.248 e. The summed E-state index contributed by atoms with van der Waals surface area (Å²) in [6, 6.07) is 11.6. The van der Waals surface area contributed by atoms with Crippen LogP contribution in [0.3, 0.4) is 0 Å². The zero-order chi connectivity index (χ0) is 12.8. The Morgan fingerprint density at radius 1 is 1.22 bits per heavy atom. The molecule has 0 unspecified atom stereocenters. The lowest BCUT2D eigenvalue weighted by Crippen LogP contribution is -2.07. The fourth-order valence-corrected chi connectivity index (χ4v) is 1.65. The molecular weight excluding hydrogens is 224 g/mol. The van der Waals surface area contributed by atoms with E-state index in [9.17, 15) is 4.79 Å². The lowest BCUT2D eigenvalue weighted by molar-refractivity contribution is -0.111. The van der Waals surface area contributed by atoms with Crippen molar-refractivity contribution in [2.45, 2.75) is 6.92 Å². The number of aromatic nitrogens is 1. The van der Waals surface area contributed by atoms with E-state index in [4.69, 9.17) is 0 Å². The van der Waals surface area contributed by atoms with Gasteiger partial charge in [-0.2, -0.15) is 0 Å². The van der Waals surface area contributed by atoms with Gasteiger partial charge in [0, 0.05) is 23.6 Å². The van der Waals surface area contributed by atoms with Gasteiger partial charge in [-0.1, -0.05) is 24.3 Å². The monoisotopic (exact) mass is 238 g/mol. The van der Waals surface area contributed by atoms with E-state index < -0.39 is 0 Å². The largest absolute Gasteiger partial charge is 0.323 e. The van der Waals surface area contributed by atoms with E-state index in [0.29, 0.717) is 0 Å². The minimum absolute atomic E-state index is 0.124. The molecule has 2 rings (SSSR count). The summed E-state index contributed by atoms with van der Waals surface area (Å²) >= 11 is 0. The van der Waals surface area contributed by atoms with Gasteiger partial charge in [-0.15, -0.1) is 0 Å². The van der Waals surface area contributed by atoms with Gasteiger partial charge in [0.15, 0.2) is 0 Å². The molecule has 0 aliphatic rings. The summed E-state index contributed by atoms with van der Waals surface area (Å²) in [5.74, 6) is -0.124. The Labute approximate surface area is 106 Å². The second-order valence-electron chi connectivity index (χ2n) is 3.81. The van der Waals surface area contributed by atoms with Gasteiger partial charge in [0.1, 0.15) is 0 Å². The Hall–Kier alpha value is -2.42. The maximum absolute atomic E-state index is 11.5. The van der Waals surface area contributed by atoms with Crippen LogP contribution in [0.15, 0.2) is 60.9 Å². The van der Waals surface area contributed by atoms with E-state index in [1.807, 2.05) is 43.3 Å². The second-order valence-corrected chi connectivity index (χ2v) is 3.81. The number of hydrogen-bond donors (Lipinski definition) is 1. The first kappa shape index (κ1) is 12.0. The van der Waals surface area contributed by atoms with Gasteiger partial charge in [0.25, 0.3) is 0 Å². The number of benzene rings is 1. The third kappa shape index (κ3) is 3.04. The molecule has 1 N–H and O–H groups in total. The molecule has 1 aromatic heterocycles. The van der Waals surface area contributed by atoms with Gasteiger partial charge in [0.2, 0.25) is 5.91 Å². The maximum atomic E-state index is 11.5. The van der Waals surface area contributed by atoms with Crippen molar-refractivity contribution in [2.75, 3.05) is 5.32 Å². The summed E-state index contributed by atoms with van der Waals surface area (Å²) < 4.78 is 0. The highest BCUT2D eigenvalue weighted by Gasteiger charge is 2.01. The topological polar surface area (TPSA) is 42.0 Å². The molecule has 0 saturated carbocycles. The van der Waals surface area contributed by atoms with Crippen LogP contribution >= 0.6 is 0 Å². The highest BCUT2D eigenvalue weighted by molar-refractivity contribution is 5.99. The van der Waals surface area contributed by atoms with Gasteiger partial charge in [0.05, 0.1) is 0 Å². The summed E-state index contributed by atoms with van der Waals surface area (Å²) in [6.07, 6.45) is 6.74. The van der Waals surface area contributed by atoms with Gasteiger partial charge >= 0.3 is 0 Å². The van der Waals surface area contributed by atoms with Gasteiger partial charge in [-0.3, -0.25) is 9.78 Å². The standard InChI is InChI=1S/C15H14N2O/c1-2-5-15(18)17-14-8-3-6-12(10-14)13-7-4-9-16-11-13/h2-11H,1H3,(H,17,18)/b5-2+. The normalized spacial score (nSPS) is 10.5. The summed E-state index contributed by atoms with van der Waals surface area (Å²) in [7, 11) is 0. The highest BCUT2D eigenvalue weighted by atomic mass is 16.1. The molecule has 90 valence electrons. The minimum atomic E-state index is -0.124. The van der Waals surface area contributed by atoms with E-state index in [0.717, 1.165) is 16.8 Å². The predicted octanol–water partition coefficient (Wildman–Crippen LogP) is 3.26. The van der Waals surface area contributed by atoms with E-state index in [2.05, 4.69) is 10.3 Å². The van der Waals surface area contributed by atoms with Gasteiger partial charge in [-0.25, -0.2) is 0 Å². The van der Waals surface area contributed by atoms with Crippen molar-refractivity contribution in [2.24, 2.45) is 0 Å². The molecule has 0 bridgehead atoms. The Morgan fingerprint density at radius 2 is 2.06 bits per heavy atom. The van der Waals surface area contributed by atoms with Crippen LogP contribution < -0.4 is 5.32 Å². The third-order valence-corrected chi connectivity index (χ3v) is 2.44. The number of nitrogens with zero attached hydrogens (tertiary/aromatic N) is 1. The molecule has 0 aliphatic carbocycles. The number of anilines is 1. The molecule has 3 nitrogen and oxygen atoms in total. The van der Waals surface area contributed by atoms with E-state index in [1.165, 1.54) is 6.08 Å². The molecule has 1 heterocycles. The third-order valence-electron chi connectivity index (χ3n) is 2.44. The molecule has 0 saturated heterocycles. The van der Waals surface area contributed by atoms with Gasteiger partial charge in [-0.05, 0) is 36.8 Å².